The lowest BCUT2D eigenvalue weighted by Gasteiger charge is -2.43. The summed E-state index contributed by atoms with van der Waals surface area (Å²) < 4.78 is 6.05. The molecule has 6 nitrogen and oxygen atoms in total. The molecule has 0 atom stereocenters. The number of aromatic nitrogens is 2. The number of rotatable bonds is 4. The number of oxazole rings is 1. The Kier molecular flexibility index (Phi) is 4.91. The zero-order valence-electron chi connectivity index (χ0n) is 17.5. The molecule has 4 rings (SSSR count). The largest absolute Gasteiger partial charge is 0.440 e. The Morgan fingerprint density at radius 3 is 2.54 bits per heavy atom. The number of hydrogen-bond donors (Lipinski definition) is 1. The maximum absolute atomic E-state index is 6.21. The summed E-state index contributed by atoms with van der Waals surface area (Å²) in [6, 6.07) is 6.40. The first-order chi connectivity index (χ1) is 13.4. The number of nitrogens with two attached hydrogens (primary N) is 1. The predicted octanol–water partition coefficient (Wildman–Crippen LogP) is 4.22. The molecule has 0 radical (unpaired) electrons. The van der Waals surface area contributed by atoms with Crippen molar-refractivity contribution in [3.05, 3.63) is 24.1 Å². The SMILES string of the molecule is CCCCc1nc2c(N)nc3cc(N4CCN(C(C)(C)C)CC4)ccc3c2o1. The van der Waals surface area contributed by atoms with Gasteiger partial charge in [0.25, 0.3) is 0 Å². The monoisotopic (exact) mass is 381 g/mol. The summed E-state index contributed by atoms with van der Waals surface area (Å²) in [6.45, 7) is 13.2. The van der Waals surface area contributed by atoms with Crippen molar-refractivity contribution < 1.29 is 4.42 Å². The Morgan fingerprint density at radius 1 is 1.11 bits per heavy atom. The molecule has 2 N–H and O–H groups in total. The second kappa shape index (κ2) is 7.24. The molecule has 6 heteroatoms. The minimum Gasteiger partial charge on any atom is -0.440 e. The quantitative estimate of drug-likeness (QED) is 0.729. The van der Waals surface area contributed by atoms with Crippen molar-refractivity contribution in [3.8, 4) is 0 Å². The van der Waals surface area contributed by atoms with Gasteiger partial charge in [-0.15, -0.1) is 0 Å². The second-order valence-electron chi connectivity index (χ2n) is 8.73. The predicted molar refractivity (Wildman–Crippen MR) is 116 cm³/mol. The first-order valence-electron chi connectivity index (χ1n) is 10.4. The van der Waals surface area contributed by atoms with Crippen molar-refractivity contribution in [2.75, 3.05) is 36.8 Å². The van der Waals surface area contributed by atoms with Crippen molar-refractivity contribution in [2.24, 2.45) is 0 Å². The molecule has 1 saturated heterocycles. The fourth-order valence-corrected chi connectivity index (χ4v) is 3.97. The van der Waals surface area contributed by atoms with Gasteiger partial charge in [-0.2, -0.15) is 0 Å². The van der Waals surface area contributed by atoms with Gasteiger partial charge in [-0.05, 0) is 45.4 Å². The number of piperazine rings is 1. The van der Waals surface area contributed by atoms with Crippen molar-refractivity contribution in [1.29, 1.82) is 0 Å². The van der Waals surface area contributed by atoms with E-state index in [9.17, 15) is 0 Å². The summed E-state index contributed by atoms with van der Waals surface area (Å²) >= 11 is 0. The number of aryl methyl sites for hydroxylation is 1. The zero-order valence-corrected chi connectivity index (χ0v) is 17.5. The van der Waals surface area contributed by atoms with Crippen molar-refractivity contribution >= 4 is 33.5 Å². The van der Waals surface area contributed by atoms with E-state index in [2.05, 4.69) is 65.7 Å². The van der Waals surface area contributed by atoms with Crippen molar-refractivity contribution in [1.82, 2.24) is 14.9 Å². The minimum atomic E-state index is 0.221. The number of nitrogen functional groups attached to an aromatic ring is 1. The third-order valence-electron chi connectivity index (χ3n) is 5.72. The van der Waals surface area contributed by atoms with Gasteiger partial charge in [0.2, 0.25) is 0 Å². The molecule has 150 valence electrons. The minimum absolute atomic E-state index is 0.221. The van der Waals surface area contributed by atoms with Crippen LogP contribution < -0.4 is 10.6 Å². The maximum atomic E-state index is 6.21. The third-order valence-corrected chi connectivity index (χ3v) is 5.72. The van der Waals surface area contributed by atoms with Crippen LogP contribution in [0.5, 0.6) is 0 Å². The molecule has 2 aromatic heterocycles. The standard InChI is InChI=1S/C22H31N5O/c1-5-6-7-18-25-19-20(28-18)16-9-8-15(14-17(16)24-21(19)23)26-10-12-27(13-11-26)22(2,3)4/h8-9,14H,5-7,10-13H2,1-4H3,(H2,23,24). The fraction of sp³-hybridized carbons (Fsp3) is 0.545. The Morgan fingerprint density at radius 2 is 1.86 bits per heavy atom. The van der Waals surface area contributed by atoms with Crippen LogP contribution in [0.2, 0.25) is 0 Å². The van der Waals surface area contributed by atoms with Gasteiger partial charge in [0.15, 0.2) is 22.8 Å². The van der Waals surface area contributed by atoms with E-state index >= 15 is 0 Å². The van der Waals surface area contributed by atoms with Crippen LogP contribution in [0.1, 0.15) is 46.4 Å². The van der Waals surface area contributed by atoms with Gasteiger partial charge >= 0.3 is 0 Å². The molecule has 0 amide bonds. The van der Waals surface area contributed by atoms with Gasteiger partial charge in [0, 0.05) is 49.2 Å². The van der Waals surface area contributed by atoms with Crippen LogP contribution in [-0.4, -0.2) is 46.6 Å². The molecule has 1 fully saturated rings. The molecule has 0 saturated carbocycles. The zero-order chi connectivity index (χ0) is 19.9. The summed E-state index contributed by atoms with van der Waals surface area (Å²) in [5, 5.41) is 0.983. The first kappa shape index (κ1) is 19.0. The number of anilines is 2. The number of fused-ring (bicyclic) bond motifs is 3. The number of unbranched alkanes of at least 4 members (excludes halogenated alkanes) is 1. The summed E-state index contributed by atoms with van der Waals surface area (Å²) in [4.78, 5) is 14.2. The molecule has 0 aliphatic carbocycles. The maximum Gasteiger partial charge on any atom is 0.195 e. The van der Waals surface area contributed by atoms with Gasteiger partial charge in [0.1, 0.15) is 0 Å². The molecular weight excluding hydrogens is 350 g/mol. The van der Waals surface area contributed by atoms with E-state index in [-0.39, 0.29) is 5.54 Å². The highest BCUT2D eigenvalue weighted by Gasteiger charge is 2.26. The van der Waals surface area contributed by atoms with Gasteiger partial charge in [0.05, 0.1) is 5.52 Å². The lowest BCUT2D eigenvalue weighted by atomic mass is 10.0. The Labute approximate surface area is 166 Å². The average molecular weight is 382 g/mol. The normalized spacial score (nSPS) is 16.4. The lowest BCUT2D eigenvalue weighted by Crippen LogP contribution is -2.53. The van der Waals surface area contributed by atoms with Crippen molar-refractivity contribution in [2.45, 2.75) is 52.5 Å². The van der Waals surface area contributed by atoms with E-state index in [0.717, 1.165) is 67.8 Å². The Balaban J connectivity index is 1.63. The number of nitrogens with zero attached hydrogens (tertiary/aromatic N) is 4. The average Bonchev–Trinajstić information content (AvgIpc) is 3.10. The molecular formula is C22H31N5O. The van der Waals surface area contributed by atoms with E-state index in [0.29, 0.717) is 11.3 Å². The van der Waals surface area contributed by atoms with Crippen LogP contribution in [-0.2, 0) is 6.42 Å². The van der Waals surface area contributed by atoms with E-state index in [4.69, 9.17) is 10.2 Å². The van der Waals surface area contributed by atoms with Crippen LogP contribution in [0.4, 0.5) is 11.5 Å². The van der Waals surface area contributed by atoms with Crippen LogP contribution >= 0.6 is 0 Å². The third kappa shape index (κ3) is 3.53. The van der Waals surface area contributed by atoms with E-state index < -0.39 is 0 Å². The van der Waals surface area contributed by atoms with Crippen LogP contribution in [0.25, 0.3) is 22.0 Å². The van der Waals surface area contributed by atoms with Gasteiger partial charge < -0.3 is 15.1 Å². The number of pyridine rings is 1. The van der Waals surface area contributed by atoms with Gasteiger partial charge in [-0.3, -0.25) is 4.90 Å². The first-order valence-corrected chi connectivity index (χ1v) is 10.4. The highest BCUT2D eigenvalue weighted by molar-refractivity contribution is 6.05. The molecule has 3 heterocycles. The Hall–Kier alpha value is -2.34. The number of benzene rings is 1. The molecule has 0 bridgehead atoms. The topological polar surface area (TPSA) is 71.4 Å². The molecule has 1 aromatic carbocycles. The van der Waals surface area contributed by atoms with E-state index in [1.807, 2.05) is 0 Å². The lowest BCUT2D eigenvalue weighted by molar-refractivity contribution is 0.128. The van der Waals surface area contributed by atoms with Gasteiger partial charge in [-0.25, -0.2) is 9.97 Å². The highest BCUT2D eigenvalue weighted by Crippen LogP contribution is 2.32. The van der Waals surface area contributed by atoms with Gasteiger partial charge in [-0.1, -0.05) is 13.3 Å². The smallest absolute Gasteiger partial charge is 0.195 e. The van der Waals surface area contributed by atoms with Crippen molar-refractivity contribution in [3.63, 3.8) is 0 Å². The number of hydrogen-bond acceptors (Lipinski definition) is 6. The second-order valence-corrected chi connectivity index (χ2v) is 8.73. The molecule has 0 spiro atoms. The molecule has 3 aromatic rings. The Bertz CT molecular complexity index is 980. The van der Waals surface area contributed by atoms with E-state index in [1.165, 1.54) is 5.69 Å². The molecule has 1 aliphatic heterocycles. The molecule has 28 heavy (non-hydrogen) atoms. The summed E-state index contributed by atoms with van der Waals surface area (Å²) in [6.07, 6.45) is 3.00. The van der Waals surface area contributed by atoms with Crippen LogP contribution in [0.15, 0.2) is 22.6 Å². The summed E-state index contributed by atoms with van der Waals surface area (Å²) in [7, 11) is 0. The molecule has 0 unspecified atom stereocenters. The summed E-state index contributed by atoms with van der Waals surface area (Å²) in [5.74, 6) is 1.20. The summed E-state index contributed by atoms with van der Waals surface area (Å²) in [5.41, 5.74) is 9.94. The fourth-order valence-electron chi connectivity index (χ4n) is 3.97. The highest BCUT2D eigenvalue weighted by atomic mass is 16.3. The van der Waals surface area contributed by atoms with Crippen LogP contribution in [0, 0.1) is 0 Å². The molecule has 1 aliphatic rings. The van der Waals surface area contributed by atoms with Crippen LogP contribution in [0.3, 0.4) is 0 Å². The van der Waals surface area contributed by atoms with E-state index in [1.54, 1.807) is 0 Å².